The van der Waals surface area contributed by atoms with E-state index in [4.69, 9.17) is 0 Å². The summed E-state index contributed by atoms with van der Waals surface area (Å²) < 4.78 is 25.3. The molecule has 3 aliphatic rings. The van der Waals surface area contributed by atoms with Crippen molar-refractivity contribution in [1.29, 1.82) is 0 Å². The van der Waals surface area contributed by atoms with E-state index >= 15 is 0 Å². The summed E-state index contributed by atoms with van der Waals surface area (Å²) in [4.78, 5) is 22.0. The molecule has 1 aromatic heterocycles. The minimum Gasteiger partial charge on any atom is -0.380 e. The summed E-state index contributed by atoms with van der Waals surface area (Å²) in [5.41, 5.74) is 5.63. The summed E-state index contributed by atoms with van der Waals surface area (Å²) in [6.45, 7) is 3.76. The number of fused-ring (bicyclic) bond motifs is 1. The number of rotatable bonds is 6. The van der Waals surface area contributed by atoms with Crippen LogP contribution in [0, 0.1) is 19.8 Å². The highest BCUT2D eigenvalue weighted by Crippen LogP contribution is 2.42. The van der Waals surface area contributed by atoms with Gasteiger partial charge >= 0.3 is 0 Å². The molecule has 4 unspecified atom stereocenters. The maximum absolute atomic E-state index is 13.0. The van der Waals surface area contributed by atoms with Gasteiger partial charge in [0.15, 0.2) is 9.84 Å². The van der Waals surface area contributed by atoms with Gasteiger partial charge < -0.3 is 10.6 Å². The van der Waals surface area contributed by atoms with E-state index in [1.807, 2.05) is 32.0 Å². The Kier molecular flexibility index (Phi) is 5.73. The predicted octanol–water partition coefficient (Wildman–Crippen LogP) is 1.51. The highest BCUT2D eigenvalue weighted by Gasteiger charge is 2.48. The van der Waals surface area contributed by atoms with Crippen molar-refractivity contribution in [2.24, 2.45) is 5.92 Å². The highest BCUT2D eigenvalue weighted by atomic mass is 32.2. The SMILES string of the molecule is Cc1cc(NC2CC(Nc3ccc(C4CC4)cc3S(C)(=O)=O)C3C(=O)N(C)NC3N2)nc(C)n1. The number of aromatic nitrogens is 2. The molecule has 0 spiro atoms. The zero-order valence-corrected chi connectivity index (χ0v) is 20.6. The number of carbonyl (C=O) groups is 1. The van der Waals surface area contributed by atoms with Gasteiger partial charge in [0.05, 0.1) is 28.8 Å². The van der Waals surface area contributed by atoms with Gasteiger partial charge in [0.25, 0.3) is 0 Å². The van der Waals surface area contributed by atoms with Gasteiger partial charge in [0.2, 0.25) is 5.91 Å². The summed E-state index contributed by atoms with van der Waals surface area (Å²) in [5.74, 6) is 1.38. The number of hydrogen-bond donors (Lipinski definition) is 4. The first-order valence-electron chi connectivity index (χ1n) is 11.6. The molecule has 182 valence electrons. The minimum atomic E-state index is -3.45. The number of nitrogens with zero attached hydrogens (tertiary/aromatic N) is 3. The highest BCUT2D eigenvalue weighted by molar-refractivity contribution is 7.90. The third kappa shape index (κ3) is 4.59. The number of benzene rings is 1. The number of anilines is 2. The Labute approximate surface area is 199 Å². The molecule has 1 aliphatic carbocycles. The fourth-order valence-corrected chi connectivity index (χ4v) is 5.88. The van der Waals surface area contributed by atoms with Crippen LogP contribution < -0.4 is 21.4 Å². The Morgan fingerprint density at radius 3 is 2.56 bits per heavy atom. The van der Waals surface area contributed by atoms with Gasteiger partial charge in [-0.25, -0.2) is 23.8 Å². The average molecular weight is 486 g/mol. The topological polar surface area (TPSA) is 128 Å². The van der Waals surface area contributed by atoms with Crippen LogP contribution in [0.1, 0.15) is 42.3 Å². The van der Waals surface area contributed by atoms with Crippen LogP contribution in [0.5, 0.6) is 0 Å². The summed E-state index contributed by atoms with van der Waals surface area (Å²) in [6, 6.07) is 7.20. The Morgan fingerprint density at radius 2 is 1.88 bits per heavy atom. The molecule has 11 heteroatoms. The Balaban J connectivity index is 1.44. The lowest BCUT2D eigenvalue weighted by atomic mass is 9.88. The molecule has 4 N–H and O–H groups in total. The first-order chi connectivity index (χ1) is 16.1. The number of piperidine rings is 1. The zero-order valence-electron chi connectivity index (χ0n) is 19.8. The van der Waals surface area contributed by atoms with Crippen molar-refractivity contribution in [3.05, 3.63) is 41.3 Å². The normalized spacial score (nSPS) is 26.9. The van der Waals surface area contributed by atoms with E-state index in [-0.39, 0.29) is 29.2 Å². The number of amides is 1. The molecule has 4 atom stereocenters. The lowest BCUT2D eigenvalue weighted by molar-refractivity contribution is -0.131. The summed E-state index contributed by atoms with van der Waals surface area (Å²) in [6.07, 6.45) is 3.45. The lowest BCUT2D eigenvalue weighted by Gasteiger charge is -2.39. The number of sulfone groups is 1. The molecule has 3 heterocycles. The molecule has 5 rings (SSSR count). The van der Waals surface area contributed by atoms with Crippen LogP contribution in [0.2, 0.25) is 0 Å². The molecule has 1 amide bonds. The Hall–Kier alpha value is -2.76. The zero-order chi connectivity index (χ0) is 24.2. The molecule has 2 aromatic rings. The first kappa shape index (κ1) is 23.0. The fraction of sp³-hybridized carbons (Fsp3) is 0.522. The van der Waals surface area contributed by atoms with Gasteiger partial charge in [0.1, 0.15) is 11.6 Å². The third-order valence-corrected chi connectivity index (χ3v) is 7.83. The fourth-order valence-electron chi connectivity index (χ4n) is 5.00. The van der Waals surface area contributed by atoms with Crippen molar-refractivity contribution in [3.8, 4) is 0 Å². The second-order valence-electron chi connectivity index (χ2n) is 9.62. The minimum absolute atomic E-state index is 0.0438. The molecule has 0 bridgehead atoms. The first-order valence-corrected chi connectivity index (χ1v) is 13.5. The van der Waals surface area contributed by atoms with Crippen LogP contribution in [0.4, 0.5) is 11.5 Å². The average Bonchev–Trinajstić information content (AvgIpc) is 3.53. The van der Waals surface area contributed by atoms with Gasteiger partial charge in [-0.05, 0) is 50.3 Å². The predicted molar refractivity (Wildman–Crippen MR) is 129 cm³/mol. The van der Waals surface area contributed by atoms with Crippen molar-refractivity contribution >= 4 is 27.2 Å². The molecule has 1 saturated carbocycles. The summed E-state index contributed by atoms with van der Waals surface area (Å²) in [7, 11) is -1.75. The molecule has 2 saturated heterocycles. The molecular weight excluding hydrogens is 454 g/mol. The van der Waals surface area contributed by atoms with E-state index < -0.39 is 15.8 Å². The Bertz CT molecular complexity index is 1210. The smallest absolute Gasteiger partial charge is 0.244 e. The summed E-state index contributed by atoms with van der Waals surface area (Å²) >= 11 is 0. The maximum atomic E-state index is 13.0. The van der Waals surface area contributed by atoms with Crippen LogP contribution in [0.25, 0.3) is 0 Å². The molecule has 10 nitrogen and oxygen atoms in total. The number of hydrogen-bond acceptors (Lipinski definition) is 9. The Morgan fingerprint density at radius 1 is 1.12 bits per heavy atom. The summed E-state index contributed by atoms with van der Waals surface area (Å²) in [5, 5.41) is 11.8. The largest absolute Gasteiger partial charge is 0.380 e. The van der Waals surface area contributed by atoms with Crippen molar-refractivity contribution in [2.75, 3.05) is 23.9 Å². The van der Waals surface area contributed by atoms with E-state index in [9.17, 15) is 13.2 Å². The number of hydrazine groups is 1. The van der Waals surface area contributed by atoms with Crippen LogP contribution in [0.3, 0.4) is 0 Å². The van der Waals surface area contributed by atoms with Gasteiger partial charge in [-0.2, -0.15) is 0 Å². The molecular formula is C23H31N7O3S. The van der Waals surface area contributed by atoms with Gasteiger partial charge in [-0.3, -0.25) is 15.1 Å². The van der Waals surface area contributed by atoms with Crippen LogP contribution in [-0.4, -0.2) is 61.0 Å². The van der Waals surface area contributed by atoms with E-state index in [2.05, 4.69) is 31.3 Å². The monoisotopic (exact) mass is 485 g/mol. The lowest BCUT2D eigenvalue weighted by Crippen LogP contribution is -2.61. The quantitative estimate of drug-likeness (QED) is 0.481. The number of carbonyl (C=O) groups excluding carboxylic acids is 1. The van der Waals surface area contributed by atoms with Gasteiger partial charge in [0, 0.05) is 37.5 Å². The van der Waals surface area contributed by atoms with Gasteiger partial charge in [-0.1, -0.05) is 6.07 Å². The van der Waals surface area contributed by atoms with Crippen molar-refractivity contribution in [1.82, 2.24) is 25.7 Å². The van der Waals surface area contributed by atoms with Crippen LogP contribution in [-0.2, 0) is 14.6 Å². The third-order valence-electron chi connectivity index (χ3n) is 6.69. The maximum Gasteiger partial charge on any atom is 0.244 e. The van der Waals surface area contributed by atoms with E-state index in [0.29, 0.717) is 29.7 Å². The van der Waals surface area contributed by atoms with E-state index in [1.54, 1.807) is 13.1 Å². The van der Waals surface area contributed by atoms with Crippen LogP contribution >= 0.6 is 0 Å². The number of aryl methyl sites for hydroxylation is 2. The second-order valence-corrected chi connectivity index (χ2v) is 11.6. The number of nitrogens with one attached hydrogen (secondary N) is 4. The standard InChI is InChI=1S/C23H31N7O3S/c1-12-9-19(25-13(2)24-12)27-20-11-17(21-22(28-20)29-30(3)23(21)31)26-16-8-7-15(14-5-6-14)10-18(16)34(4,32)33/h7-10,14,17,20-22,26,28-29H,5-6,11H2,1-4H3,(H,24,25,27). The molecule has 3 fully saturated rings. The molecule has 2 aliphatic heterocycles. The molecule has 1 aromatic carbocycles. The van der Waals surface area contributed by atoms with Crippen molar-refractivity contribution in [3.63, 3.8) is 0 Å². The van der Waals surface area contributed by atoms with Crippen LogP contribution in [0.15, 0.2) is 29.2 Å². The van der Waals surface area contributed by atoms with E-state index in [0.717, 1.165) is 24.1 Å². The van der Waals surface area contributed by atoms with Gasteiger partial charge in [-0.15, -0.1) is 0 Å². The second kappa shape index (κ2) is 8.47. The van der Waals surface area contributed by atoms with Crippen molar-refractivity contribution in [2.45, 2.75) is 62.3 Å². The van der Waals surface area contributed by atoms with Crippen molar-refractivity contribution < 1.29 is 13.2 Å². The van der Waals surface area contributed by atoms with E-state index in [1.165, 1.54) is 11.3 Å². The molecule has 0 radical (unpaired) electrons. The molecule has 34 heavy (non-hydrogen) atoms.